The van der Waals surface area contributed by atoms with Gasteiger partial charge in [-0.15, -0.1) is 0 Å². The van der Waals surface area contributed by atoms with Gasteiger partial charge in [-0.1, -0.05) is 6.07 Å². The first-order valence-corrected chi connectivity index (χ1v) is 3.83. The normalized spacial score (nSPS) is 21.8. The van der Waals surface area contributed by atoms with Gasteiger partial charge in [-0.3, -0.25) is 4.98 Å². The van der Waals surface area contributed by atoms with E-state index in [1.807, 2.05) is 19.9 Å². The fourth-order valence-electron chi connectivity index (χ4n) is 1.27. The second-order valence-corrected chi connectivity index (χ2v) is 2.95. The predicted molar refractivity (Wildman–Crippen MR) is 42.4 cm³/mol. The minimum Gasteiger partial charge on any atom is -0.368 e. The highest BCUT2D eigenvalue weighted by Crippen LogP contribution is 2.31. The average molecular weight is 149 g/mol. The molecule has 1 aliphatic heterocycles. The molecule has 2 rings (SSSR count). The largest absolute Gasteiger partial charge is 0.368 e. The van der Waals surface area contributed by atoms with Gasteiger partial charge in [0.05, 0.1) is 6.61 Å². The van der Waals surface area contributed by atoms with E-state index in [4.69, 9.17) is 4.74 Å². The van der Waals surface area contributed by atoms with Gasteiger partial charge in [0.15, 0.2) is 0 Å². The Morgan fingerprint density at radius 1 is 1.45 bits per heavy atom. The topological polar surface area (TPSA) is 25.4 Å². The van der Waals surface area contributed by atoms with Crippen molar-refractivity contribution in [2.75, 3.05) is 6.61 Å². The summed E-state index contributed by atoms with van der Waals surface area (Å²) < 4.78 is 5.18. The summed E-state index contributed by atoms with van der Waals surface area (Å²) in [6, 6.07) is 4.14. The molecule has 11 heavy (non-hydrogen) atoms. The fraction of sp³-hybridized carbons (Fsp3) is 0.444. The lowest BCUT2D eigenvalue weighted by molar-refractivity contribution is 0.414. The van der Waals surface area contributed by atoms with Crippen molar-refractivity contribution < 1.29 is 4.74 Å². The van der Waals surface area contributed by atoms with Crippen molar-refractivity contribution in [1.29, 1.82) is 0 Å². The average Bonchev–Trinajstić information content (AvgIpc) is 2.70. The molecule has 58 valence electrons. The number of aryl methyl sites for hydroxylation is 2. The molecule has 1 atom stereocenters. The van der Waals surface area contributed by atoms with E-state index in [0.717, 1.165) is 18.0 Å². The number of hydrogen-bond acceptors (Lipinski definition) is 2. The van der Waals surface area contributed by atoms with Gasteiger partial charge in [0.1, 0.15) is 6.10 Å². The number of epoxide rings is 1. The van der Waals surface area contributed by atoms with Crippen LogP contribution in [0.2, 0.25) is 0 Å². The maximum absolute atomic E-state index is 5.18. The molecule has 1 saturated heterocycles. The van der Waals surface area contributed by atoms with Crippen molar-refractivity contribution in [3.8, 4) is 0 Å². The lowest BCUT2D eigenvalue weighted by atomic mass is 10.1. The van der Waals surface area contributed by atoms with Crippen molar-refractivity contribution in [3.05, 3.63) is 29.1 Å². The zero-order chi connectivity index (χ0) is 7.84. The number of ether oxygens (including phenoxy) is 1. The quantitative estimate of drug-likeness (QED) is 0.568. The molecule has 0 radical (unpaired) electrons. The Balaban J connectivity index is 2.39. The molecular weight excluding hydrogens is 138 g/mol. The molecule has 1 aromatic heterocycles. The van der Waals surface area contributed by atoms with E-state index in [-0.39, 0.29) is 0 Å². The summed E-state index contributed by atoms with van der Waals surface area (Å²) in [5.41, 5.74) is 3.43. The first-order valence-electron chi connectivity index (χ1n) is 3.83. The molecule has 0 unspecified atom stereocenters. The van der Waals surface area contributed by atoms with Gasteiger partial charge in [-0.25, -0.2) is 0 Å². The van der Waals surface area contributed by atoms with E-state index in [0.29, 0.717) is 6.10 Å². The monoisotopic (exact) mass is 149 g/mol. The number of aromatic nitrogens is 1. The summed E-state index contributed by atoms with van der Waals surface area (Å²) in [6.45, 7) is 4.90. The summed E-state index contributed by atoms with van der Waals surface area (Å²) >= 11 is 0. The predicted octanol–water partition coefficient (Wildman–Crippen LogP) is 1.77. The second-order valence-electron chi connectivity index (χ2n) is 2.95. The minimum absolute atomic E-state index is 0.336. The SMILES string of the molecule is Cc1ccc([C@H]2CO2)c(C)n1. The first kappa shape index (κ1) is 6.80. The number of nitrogens with zero attached hydrogens (tertiary/aromatic N) is 1. The van der Waals surface area contributed by atoms with Crippen molar-refractivity contribution in [2.24, 2.45) is 0 Å². The summed E-state index contributed by atoms with van der Waals surface area (Å²) in [5, 5.41) is 0. The van der Waals surface area contributed by atoms with Crippen LogP contribution in [0.1, 0.15) is 23.1 Å². The Morgan fingerprint density at radius 2 is 2.18 bits per heavy atom. The van der Waals surface area contributed by atoms with E-state index >= 15 is 0 Å². The van der Waals surface area contributed by atoms with Crippen LogP contribution >= 0.6 is 0 Å². The van der Waals surface area contributed by atoms with Crippen LogP contribution in [-0.2, 0) is 4.74 Å². The van der Waals surface area contributed by atoms with Gasteiger partial charge in [0, 0.05) is 17.0 Å². The van der Waals surface area contributed by atoms with Crippen molar-refractivity contribution in [1.82, 2.24) is 4.98 Å². The maximum atomic E-state index is 5.18. The zero-order valence-corrected chi connectivity index (χ0v) is 6.79. The highest BCUT2D eigenvalue weighted by atomic mass is 16.6. The van der Waals surface area contributed by atoms with E-state index in [2.05, 4.69) is 11.1 Å². The maximum Gasteiger partial charge on any atom is 0.108 e. The van der Waals surface area contributed by atoms with Crippen molar-refractivity contribution in [2.45, 2.75) is 20.0 Å². The first-order chi connectivity index (χ1) is 5.27. The molecule has 0 aliphatic carbocycles. The molecule has 0 N–H and O–H groups in total. The van der Waals surface area contributed by atoms with Gasteiger partial charge >= 0.3 is 0 Å². The van der Waals surface area contributed by atoms with E-state index in [9.17, 15) is 0 Å². The third-order valence-electron chi connectivity index (χ3n) is 1.95. The Hall–Kier alpha value is -0.890. The van der Waals surface area contributed by atoms with Crippen LogP contribution in [0.5, 0.6) is 0 Å². The van der Waals surface area contributed by atoms with E-state index in [1.165, 1.54) is 5.56 Å². The minimum atomic E-state index is 0.336. The van der Waals surface area contributed by atoms with Gasteiger partial charge < -0.3 is 4.74 Å². The molecule has 2 heterocycles. The van der Waals surface area contributed by atoms with Crippen LogP contribution in [0.15, 0.2) is 12.1 Å². The van der Waals surface area contributed by atoms with Crippen LogP contribution in [0.4, 0.5) is 0 Å². The lowest BCUT2D eigenvalue weighted by Gasteiger charge is -2.00. The summed E-state index contributed by atoms with van der Waals surface area (Å²) in [7, 11) is 0. The molecule has 0 bridgehead atoms. The van der Waals surface area contributed by atoms with Crippen LogP contribution < -0.4 is 0 Å². The summed E-state index contributed by atoms with van der Waals surface area (Å²) in [5.74, 6) is 0. The molecule has 1 aliphatic rings. The second kappa shape index (κ2) is 2.31. The van der Waals surface area contributed by atoms with Crippen LogP contribution in [0.3, 0.4) is 0 Å². The third-order valence-corrected chi connectivity index (χ3v) is 1.95. The van der Waals surface area contributed by atoms with Crippen LogP contribution in [0.25, 0.3) is 0 Å². The van der Waals surface area contributed by atoms with Gasteiger partial charge in [0.25, 0.3) is 0 Å². The highest BCUT2D eigenvalue weighted by Gasteiger charge is 2.26. The van der Waals surface area contributed by atoms with Crippen molar-refractivity contribution in [3.63, 3.8) is 0 Å². The molecule has 0 spiro atoms. The summed E-state index contributed by atoms with van der Waals surface area (Å²) in [6.07, 6.45) is 0.336. The fourth-order valence-corrected chi connectivity index (χ4v) is 1.27. The molecule has 0 amide bonds. The standard InChI is InChI=1S/C9H11NO/c1-6-3-4-8(7(2)10-6)9-5-11-9/h3-4,9H,5H2,1-2H3/t9-/m1/s1. The van der Waals surface area contributed by atoms with E-state index in [1.54, 1.807) is 0 Å². The number of hydrogen-bond donors (Lipinski definition) is 0. The van der Waals surface area contributed by atoms with Crippen molar-refractivity contribution >= 4 is 0 Å². The molecule has 2 nitrogen and oxygen atoms in total. The Kier molecular flexibility index (Phi) is 1.43. The van der Waals surface area contributed by atoms with Gasteiger partial charge in [-0.2, -0.15) is 0 Å². The van der Waals surface area contributed by atoms with Gasteiger partial charge in [-0.05, 0) is 19.9 Å². The molecule has 2 heteroatoms. The molecule has 0 aromatic carbocycles. The van der Waals surface area contributed by atoms with Crippen LogP contribution in [-0.4, -0.2) is 11.6 Å². The molecule has 1 aromatic rings. The zero-order valence-electron chi connectivity index (χ0n) is 6.79. The smallest absolute Gasteiger partial charge is 0.108 e. The third kappa shape index (κ3) is 1.26. The summed E-state index contributed by atoms with van der Waals surface area (Å²) in [4.78, 5) is 4.35. The molecule has 0 saturated carbocycles. The van der Waals surface area contributed by atoms with Gasteiger partial charge in [0.2, 0.25) is 0 Å². The Bertz CT molecular complexity index is 279. The Labute approximate surface area is 66.2 Å². The van der Waals surface area contributed by atoms with E-state index < -0.39 is 0 Å². The number of pyridine rings is 1. The Morgan fingerprint density at radius 3 is 2.73 bits per heavy atom. The van der Waals surface area contributed by atoms with Crippen LogP contribution in [0, 0.1) is 13.8 Å². The lowest BCUT2D eigenvalue weighted by Crippen LogP contribution is -1.92. The molecule has 1 fully saturated rings. The highest BCUT2D eigenvalue weighted by molar-refractivity contribution is 5.26. The molecular formula is C9H11NO. The number of rotatable bonds is 1.